The number of nitrogens with one attached hydrogen (secondary N) is 1. The first-order chi connectivity index (χ1) is 9.41. The van der Waals surface area contributed by atoms with Crippen LogP contribution in [0.5, 0.6) is 0 Å². The van der Waals surface area contributed by atoms with E-state index in [1.165, 1.54) is 12.4 Å². The number of nitrogens with zero attached hydrogens (tertiary/aromatic N) is 4. The predicted octanol–water partition coefficient (Wildman–Crippen LogP) is 2.71. The van der Waals surface area contributed by atoms with Crippen LogP contribution in [-0.4, -0.2) is 19.7 Å². The maximum atomic E-state index is 11.0. The SMILES string of the molecule is Cc1nn(C)c(C)c1CNc1c(Br)cncc1[N+](=O)[O-]. The zero-order valence-electron chi connectivity index (χ0n) is 11.3. The van der Waals surface area contributed by atoms with Crippen molar-refractivity contribution in [2.75, 3.05) is 5.32 Å². The Balaban J connectivity index is 2.30. The Morgan fingerprint density at radius 1 is 1.45 bits per heavy atom. The van der Waals surface area contributed by atoms with E-state index in [9.17, 15) is 10.1 Å². The summed E-state index contributed by atoms with van der Waals surface area (Å²) in [7, 11) is 1.87. The highest BCUT2D eigenvalue weighted by Gasteiger charge is 2.18. The fourth-order valence-electron chi connectivity index (χ4n) is 1.99. The molecule has 7 nitrogen and oxygen atoms in total. The molecule has 20 heavy (non-hydrogen) atoms. The summed E-state index contributed by atoms with van der Waals surface area (Å²) in [4.78, 5) is 14.4. The van der Waals surface area contributed by atoms with E-state index in [-0.39, 0.29) is 5.69 Å². The maximum absolute atomic E-state index is 11.0. The summed E-state index contributed by atoms with van der Waals surface area (Å²) in [5.41, 5.74) is 3.34. The van der Waals surface area contributed by atoms with Gasteiger partial charge in [0.1, 0.15) is 11.9 Å². The molecule has 0 unspecified atom stereocenters. The number of halogens is 1. The number of aryl methyl sites for hydroxylation is 2. The van der Waals surface area contributed by atoms with Gasteiger partial charge in [-0.2, -0.15) is 5.10 Å². The van der Waals surface area contributed by atoms with Crippen LogP contribution in [0.25, 0.3) is 0 Å². The summed E-state index contributed by atoms with van der Waals surface area (Å²) in [5.74, 6) is 0. The quantitative estimate of drug-likeness (QED) is 0.683. The molecule has 0 radical (unpaired) electrons. The molecule has 2 aromatic heterocycles. The highest BCUT2D eigenvalue weighted by Crippen LogP contribution is 2.31. The normalized spacial score (nSPS) is 10.6. The summed E-state index contributed by atoms with van der Waals surface area (Å²) < 4.78 is 2.36. The molecule has 0 saturated carbocycles. The highest BCUT2D eigenvalue weighted by molar-refractivity contribution is 9.10. The third-order valence-corrected chi connectivity index (χ3v) is 3.78. The Hall–Kier alpha value is -1.96. The van der Waals surface area contributed by atoms with E-state index < -0.39 is 4.92 Å². The minimum absolute atomic E-state index is 0.0569. The van der Waals surface area contributed by atoms with Gasteiger partial charge in [-0.05, 0) is 29.8 Å². The largest absolute Gasteiger partial charge is 0.374 e. The van der Waals surface area contributed by atoms with Gasteiger partial charge < -0.3 is 5.32 Å². The molecule has 0 atom stereocenters. The molecule has 0 bridgehead atoms. The zero-order valence-corrected chi connectivity index (χ0v) is 12.9. The monoisotopic (exact) mass is 339 g/mol. The summed E-state index contributed by atoms with van der Waals surface area (Å²) in [6, 6.07) is 0. The van der Waals surface area contributed by atoms with E-state index in [1.807, 2.05) is 20.9 Å². The summed E-state index contributed by atoms with van der Waals surface area (Å²) in [6.45, 7) is 4.35. The van der Waals surface area contributed by atoms with Crippen LogP contribution in [0.1, 0.15) is 17.0 Å². The molecule has 1 N–H and O–H groups in total. The van der Waals surface area contributed by atoms with Crippen molar-refractivity contribution in [1.29, 1.82) is 0 Å². The van der Waals surface area contributed by atoms with Crippen LogP contribution in [0.4, 0.5) is 11.4 Å². The van der Waals surface area contributed by atoms with Crippen molar-refractivity contribution in [2.45, 2.75) is 20.4 Å². The Kier molecular flexibility index (Phi) is 4.03. The van der Waals surface area contributed by atoms with Crippen molar-refractivity contribution in [2.24, 2.45) is 7.05 Å². The number of anilines is 1. The van der Waals surface area contributed by atoms with E-state index in [4.69, 9.17) is 0 Å². The van der Waals surface area contributed by atoms with Gasteiger partial charge in [-0.15, -0.1) is 0 Å². The summed E-state index contributed by atoms with van der Waals surface area (Å²) >= 11 is 3.28. The molecule has 0 aliphatic heterocycles. The van der Waals surface area contributed by atoms with Crippen LogP contribution in [0, 0.1) is 24.0 Å². The molecule has 0 aliphatic carbocycles. The van der Waals surface area contributed by atoms with Gasteiger partial charge in [-0.25, -0.2) is 0 Å². The molecule has 8 heteroatoms. The lowest BCUT2D eigenvalue weighted by atomic mass is 10.2. The van der Waals surface area contributed by atoms with Crippen LogP contribution < -0.4 is 5.32 Å². The van der Waals surface area contributed by atoms with Crippen LogP contribution in [0.3, 0.4) is 0 Å². The second-order valence-electron chi connectivity index (χ2n) is 4.40. The van der Waals surface area contributed by atoms with Crippen molar-refractivity contribution in [1.82, 2.24) is 14.8 Å². The molecule has 0 aliphatic rings. The Morgan fingerprint density at radius 2 is 2.15 bits per heavy atom. The maximum Gasteiger partial charge on any atom is 0.311 e. The second-order valence-corrected chi connectivity index (χ2v) is 5.25. The van der Waals surface area contributed by atoms with Crippen LogP contribution >= 0.6 is 15.9 Å². The van der Waals surface area contributed by atoms with Gasteiger partial charge in [-0.3, -0.25) is 19.8 Å². The molecule has 0 spiro atoms. The van der Waals surface area contributed by atoms with Crippen LogP contribution in [-0.2, 0) is 13.6 Å². The minimum Gasteiger partial charge on any atom is -0.374 e. The molecular formula is C12H14BrN5O2. The molecule has 2 rings (SSSR count). The van der Waals surface area contributed by atoms with Gasteiger partial charge >= 0.3 is 5.69 Å². The second kappa shape index (κ2) is 5.58. The minimum atomic E-state index is -0.455. The number of nitro groups is 1. The van der Waals surface area contributed by atoms with Gasteiger partial charge in [0.25, 0.3) is 0 Å². The topological polar surface area (TPSA) is 85.9 Å². The van der Waals surface area contributed by atoms with Gasteiger partial charge in [-0.1, -0.05) is 0 Å². The first-order valence-corrected chi connectivity index (χ1v) is 6.72. The Bertz CT molecular complexity index is 668. The number of hydrogen-bond acceptors (Lipinski definition) is 5. The molecule has 0 aromatic carbocycles. The van der Waals surface area contributed by atoms with E-state index >= 15 is 0 Å². The standard InChI is InChI=1S/C12H14BrN5O2/c1-7-9(8(2)17(3)16-7)4-15-12-10(13)5-14-6-11(12)18(19)20/h5-6H,4H2,1-3H3,(H,14,15). The van der Waals surface area contributed by atoms with Crippen molar-refractivity contribution in [3.8, 4) is 0 Å². The van der Waals surface area contributed by atoms with E-state index in [2.05, 4.69) is 31.3 Å². The first-order valence-electron chi connectivity index (χ1n) is 5.92. The fourth-order valence-corrected chi connectivity index (χ4v) is 2.45. The average Bonchev–Trinajstić information content (AvgIpc) is 2.62. The van der Waals surface area contributed by atoms with Crippen molar-refractivity contribution >= 4 is 27.3 Å². The molecule has 0 fully saturated rings. The van der Waals surface area contributed by atoms with E-state index in [0.29, 0.717) is 16.7 Å². The highest BCUT2D eigenvalue weighted by atomic mass is 79.9. The molecule has 0 amide bonds. The summed E-state index contributed by atoms with van der Waals surface area (Å²) in [5, 5.41) is 18.4. The van der Waals surface area contributed by atoms with Gasteiger partial charge in [0.2, 0.25) is 0 Å². The van der Waals surface area contributed by atoms with Crippen molar-refractivity contribution in [3.05, 3.63) is 43.9 Å². The van der Waals surface area contributed by atoms with Crippen LogP contribution in [0.15, 0.2) is 16.9 Å². The molecule has 2 heterocycles. The van der Waals surface area contributed by atoms with Crippen LogP contribution in [0.2, 0.25) is 0 Å². The smallest absolute Gasteiger partial charge is 0.311 e. The van der Waals surface area contributed by atoms with Gasteiger partial charge in [0.15, 0.2) is 0 Å². The van der Waals surface area contributed by atoms with Crippen molar-refractivity contribution in [3.63, 3.8) is 0 Å². The zero-order chi connectivity index (χ0) is 14.9. The average molecular weight is 340 g/mol. The third-order valence-electron chi connectivity index (χ3n) is 3.18. The first kappa shape index (κ1) is 14.4. The summed E-state index contributed by atoms with van der Waals surface area (Å²) in [6.07, 6.45) is 2.76. The number of hydrogen-bond donors (Lipinski definition) is 1. The fraction of sp³-hybridized carbons (Fsp3) is 0.333. The lowest BCUT2D eigenvalue weighted by Crippen LogP contribution is -2.05. The Morgan fingerprint density at radius 3 is 2.70 bits per heavy atom. The lowest BCUT2D eigenvalue weighted by Gasteiger charge is -2.09. The number of rotatable bonds is 4. The molecular weight excluding hydrogens is 326 g/mol. The third kappa shape index (κ3) is 2.64. The van der Waals surface area contributed by atoms with E-state index in [1.54, 1.807) is 4.68 Å². The number of pyridine rings is 1. The molecule has 2 aromatic rings. The Labute approximate surface area is 124 Å². The lowest BCUT2D eigenvalue weighted by molar-refractivity contribution is -0.384. The van der Waals surface area contributed by atoms with E-state index in [0.717, 1.165) is 17.0 Å². The molecule has 106 valence electrons. The van der Waals surface area contributed by atoms with Gasteiger partial charge in [0.05, 0.1) is 15.1 Å². The molecule has 0 saturated heterocycles. The van der Waals surface area contributed by atoms with Gasteiger partial charge in [0, 0.05) is 31.0 Å². The number of aromatic nitrogens is 3. The predicted molar refractivity (Wildman–Crippen MR) is 78.6 cm³/mol. The van der Waals surface area contributed by atoms with Crippen molar-refractivity contribution < 1.29 is 4.92 Å².